The molecule has 1 fully saturated rings. The van der Waals surface area contributed by atoms with Crippen molar-refractivity contribution in [1.29, 1.82) is 0 Å². The van der Waals surface area contributed by atoms with Crippen LogP contribution in [0.25, 0.3) is 11.0 Å². The molecule has 33 heavy (non-hydrogen) atoms. The topological polar surface area (TPSA) is 99.2 Å². The van der Waals surface area contributed by atoms with E-state index in [1.807, 2.05) is 46.0 Å². The quantitative estimate of drug-likeness (QED) is 0.604. The third-order valence-corrected chi connectivity index (χ3v) is 6.24. The first kappa shape index (κ1) is 20.9. The van der Waals surface area contributed by atoms with Gasteiger partial charge >= 0.3 is 0 Å². The molecule has 8 nitrogen and oxygen atoms in total. The number of carbonyl (C=O) groups is 1. The van der Waals surface area contributed by atoms with Crippen LogP contribution in [0.2, 0.25) is 0 Å². The number of aromatic nitrogens is 4. The van der Waals surface area contributed by atoms with Gasteiger partial charge in [-0.15, -0.1) is 0 Å². The molecule has 8 heteroatoms. The third-order valence-electron chi connectivity index (χ3n) is 6.24. The van der Waals surface area contributed by atoms with Gasteiger partial charge in [0.1, 0.15) is 23.7 Å². The summed E-state index contributed by atoms with van der Waals surface area (Å²) in [6, 6.07) is 9.87. The first-order chi connectivity index (χ1) is 16.1. The number of hydrogen-bond donors (Lipinski definition) is 1. The number of nitrogen functional groups attached to an aromatic ring is 1. The van der Waals surface area contributed by atoms with E-state index in [1.54, 1.807) is 0 Å². The molecule has 2 aromatic heterocycles. The van der Waals surface area contributed by atoms with Gasteiger partial charge < -0.3 is 15.4 Å². The molecule has 2 aliphatic rings. The number of likely N-dealkylation sites (tertiary alicyclic amines) is 1. The number of nitrogens with zero attached hydrogens (tertiary/aromatic N) is 5. The van der Waals surface area contributed by atoms with Crippen LogP contribution in [0.15, 0.2) is 73.3 Å². The van der Waals surface area contributed by atoms with Crippen LogP contribution in [0.5, 0.6) is 5.75 Å². The van der Waals surface area contributed by atoms with Gasteiger partial charge in [-0.1, -0.05) is 30.9 Å². The highest BCUT2D eigenvalue weighted by Gasteiger charge is 2.28. The van der Waals surface area contributed by atoms with E-state index in [1.165, 1.54) is 12.4 Å². The lowest BCUT2D eigenvalue weighted by Crippen LogP contribution is -2.38. The van der Waals surface area contributed by atoms with E-state index in [-0.39, 0.29) is 17.9 Å². The molecule has 0 spiro atoms. The minimum Gasteiger partial charge on any atom is -0.458 e. The zero-order chi connectivity index (χ0) is 22.8. The van der Waals surface area contributed by atoms with E-state index in [2.05, 4.69) is 28.7 Å². The number of fused-ring (bicyclic) bond motifs is 1. The number of para-hydroxylation sites is 1. The number of hydrogen-bond acceptors (Lipinski definition) is 6. The van der Waals surface area contributed by atoms with Gasteiger partial charge in [-0.25, -0.2) is 14.6 Å². The van der Waals surface area contributed by atoms with Crippen molar-refractivity contribution >= 4 is 22.8 Å². The molecule has 3 heterocycles. The standard InChI is InChI=1S/C25H26N6O2/c1-2-21(32)30-14-12-18(13-15-30)31-25-22(24(26)27-16-28-25)23(29-31)17-8-10-20(11-9-17)33-19-6-4-3-5-7-19/h2-8,10-11,16-18H,1,9,12-15H2,(H2,26,27,28). The fourth-order valence-corrected chi connectivity index (χ4v) is 4.50. The molecule has 0 saturated carbocycles. The fraction of sp³-hybridized carbons (Fsp3) is 0.280. The van der Waals surface area contributed by atoms with Gasteiger partial charge in [0.2, 0.25) is 5.91 Å². The van der Waals surface area contributed by atoms with Crippen molar-refractivity contribution < 1.29 is 9.53 Å². The number of allylic oxidation sites excluding steroid dienone is 3. The second-order valence-corrected chi connectivity index (χ2v) is 8.27. The molecule has 5 rings (SSSR count). The van der Waals surface area contributed by atoms with Crippen LogP contribution in [0.3, 0.4) is 0 Å². The monoisotopic (exact) mass is 442 g/mol. The normalized spacial score (nSPS) is 18.8. The largest absolute Gasteiger partial charge is 0.458 e. The summed E-state index contributed by atoms with van der Waals surface area (Å²) in [6.45, 7) is 4.92. The van der Waals surface area contributed by atoms with E-state index in [4.69, 9.17) is 15.6 Å². The summed E-state index contributed by atoms with van der Waals surface area (Å²) in [4.78, 5) is 22.5. The molecule has 0 radical (unpaired) electrons. The molecule has 1 aliphatic heterocycles. The number of ether oxygens (including phenoxy) is 1. The fourth-order valence-electron chi connectivity index (χ4n) is 4.50. The number of benzene rings is 1. The van der Waals surface area contributed by atoms with Gasteiger partial charge in [-0.3, -0.25) is 4.79 Å². The zero-order valence-corrected chi connectivity index (χ0v) is 18.3. The molecular weight excluding hydrogens is 416 g/mol. The van der Waals surface area contributed by atoms with Crippen molar-refractivity contribution in [1.82, 2.24) is 24.6 Å². The Hall–Kier alpha value is -3.94. The molecule has 1 aliphatic carbocycles. The van der Waals surface area contributed by atoms with Crippen molar-refractivity contribution in [2.24, 2.45) is 0 Å². The summed E-state index contributed by atoms with van der Waals surface area (Å²) in [6.07, 6.45) is 11.3. The van der Waals surface area contributed by atoms with Crippen LogP contribution in [-0.4, -0.2) is 43.6 Å². The van der Waals surface area contributed by atoms with Crippen molar-refractivity contribution in [3.05, 3.63) is 79.0 Å². The number of nitrogens with two attached hydrogens (primary N) is 1. The van der Waals surface area contributed by atoms with Gasteiger partial charge in [0.05, 0.1) is 17.1 Å². The zero-order valence-electron chi connectivity index (χ0n) is 18.3. The Balaban J connectivity index is 1.39. The Morgan fingerprint density at radius 2 is 1.97 bits per heavy atom. The van der Waals surface area contributed by atoms with Crippen LogP contribution in [0.1, 0.15) is 36.9 Å². The lowest BCUT2D eigenvalue weighted by atomic mass is 9.95. The lowest BCUT2D eigenvalue weighted by Gasteiger charge is -2.31. The van der Waals surface area contributed by atoms with Crippen LogP contribution in [0, 0.1) is 0 Å². The smallest absolute Gasteiger partial charge is 0.245 e. The van der Waals surface area contributed by atoms with Crippen LogP contribution in [-0.2, 0) is 4.79 Å². The number of anilines is 1. The lowest BCUT2D eigenvalue weighted by molar-refractivity contribution is -0.127. The van der Waals surface area contributed by atoms with Crippen LogP contribution < -0.4 is 10.5 Å². The van der Waals surface area contributed by atoms with Gasteiger partial charge in [0.15, 0.2) is 5.65 Å². The average molecular weight is 443 g/mol. The van der Waals surface area contributed by atoms with Crippen molar-refractivity contribution in [3.8, 4) is 5.75 Å². The highest BCUT2D eigenvalue weighted by atomic mass is 16.5. The van der Waals surface area contributed by atoms with Gasteiger partial charge in [-0.2, -0.15) is 5.10 Å². The number of rotatable bonds is 5. The third kappa shape index (κ3) is 4.11. The Morgan fingerprint density at radius 1 is 1.18 bits per heavy atom. The van der Waals surface area contributed by atoms with E-state index in [0.29, 0.717) is 18.9 Å². The molecule has 168 valence electrons. The Bertz CT molecular complexity index is 1240. The maximum absolute atomic E-state index is 11.9. The molecule has 1 amide bonds. The predicted molar refractivity (Wildman–Crippen MR) is 126 cm³/mol. The summed E-state index contributed by atoms with van der Waals surface area (Å²) in [5.74, 6) is 2.07. The van der Waals surface area contributed by atoms with E-state index in [9.17, 15) is 4.79 Å². The van der Waals surface area contributed by atoms with Crippen molar-refractivity contribution in [2.45, 2.75) is 31.2 Å². The molecule has 1 saturated heterocycles. The molecule has 1 aromatic carbocycles. The number of piperidine rings is 1. The molecule has 3 aromatic rings. The predicted octanol–water partition coefficient (Wildman–Crippen LogP) is 3.76. The van der Waals surface area contributed by atoms with Crippen LogP contribution >= 0.6 is 0 Å². The first-order valence-corrected chi connectivity index (χ1v) is 11.1. The summed E-state index contributed by atoms with van der Waals surface area (Å²) in [5.41, 5.74) is 7.90. The van der Waals surface area contributed by atoms with Crippen molar-refractivity contribution in [2.75, 3.05) is 18.8 Å². The minimum atomic E-state index is -0.0290. The second kappa shape index (κ2) is 8.90. The van der Waals surface area contributed by atoms with Gasteiger partial charge in [0.25, 0.3) is 0 Å². The molecular formula is C25H26N6O2. The van der Waals surface area contributed by atoms with Crippen molar-refractivity contribution in [3.63, 3.8) is 0 Å². The Kier molecular flexibility index (Phi) is 5.64. The molecule has 1 unspecified atom stereocenters. The number of carbonyl (C=O) groups excluding carboxylic acids is 1. The second-order valence-electron chi connectivity index (χ2n) is 8.27. The first-order valence-electron chi connectivity index (χ1n) is 11.1. The van der Waals surface area contributed by atoms with E-state index < -0.39 is 0 Å². The van der Waals surface area contributed by atoms with E-state index in [0.717, 1.165) is 47.5 Å². The van der Waals surface area contributed by atoms with E-state index >= 15 is 0 Å². The summed E-state index contributed by atoms with van der Waals surface area (Å²) in [7, 11) is 0. The molecule has 2 N–H and O–H groups in total. The highest BCUT2D eigenvalue weighted by Crippen LogP contribution is 2.36. The maximum atomic E-state index is 11.9. The summed E-state index contributed by atoms with van der Waals surface area (Å²) < 4.78 is 7.93. The maximum Gasteiger partial charge on any atom is 0.245 e. The van der Waals surface area contributed by atoms with Gasteiger partial charge in [0, 0.05) is 19.0 Å². The molecule has 0 bridgehead atoms. The minimum absolute atomic E-state index is 0.0290. The Morgan fingerprint density at radius 3 is 2.67 bits per heavy atom. The highest BCUT2D eigenvalue weighted by molar-refractivity contribution is 5.89. The summed E-state index contributed by atoms with van der Waals surface area (Å²) >= 11 is 0. The SMILES string of the molecule is C=CC(=O)N1CCC(n2nc(C3C=CC(Oc4ccccc4)=CC3)c3c(N)ncnc32)CC1. The summed E-state index contributed by atoms with van der Waals surface area (Å²) in [5, 5.41) is 5.79. The average Bonchev–Trinajstić information content (AvgIpc) is 3.26. The Labute approximate surface area is 192 Å². The van der Waals surface area contributed by atoms with Crippen LogP contribution in [0.4, 0.5) is 5.82 Å². The molecule has 1 atom stereocenters. The number of amides is 1. The van der Waals surface area contributed by atoms with Gasteiger partial charge in [-0.05, 0) is 49.6 Å².